The Labute approximate surface area is 129 Å². The fraction of sp³-hybridized carbons (Fsp3) is 0.500. The number of nitrogens with one attached hydrogen (secondary N) is 1. The molecule has 3 rings (SSSR count). The van der Waals surface area contributed by atoms with Crippen LogP contribution in [-0.4, -0.2) is 30.3 Å². The zero-order valence-electron chi connectivity index (χ0n) is 12.1. The lowest BCUT2D eigenvalue weighted by Crippen LogP contribution is -2.50. The minimum atomic E-state index is -0.707. The Morgan fingerprint density at radius 2 is 2.29 bits per heavy atom. The van der Waals surface area contributed by atoms with Crippen molar-refractivity contribution < 1.29 is 4.79 Å². The second-order valence-electron chi connectivity index (χ2n) is 5.87. The van der Waals surface area contributed by atoms with Crippen LogP contribution in [-0.2, 0) is 4.79 Å². The van der Waals surface area contributed by atoms with Crippen molar-refractivity contribution in [3.8, 4) is 6.07 Å². The molecular weight excluding hydrogens is 282 g/mol. The molecule has 1 aliphatic carbocycles. The highest BCUT2D eigenvalue weighted by Gasteiger charge is 2.43. The van der Waals surface area contributed by atoms with Crippen LogP contribution in [0.15, 0.2) is 29.2 Å². The highest BCUT2D eigenvalue weighted by molar-refractivity contribution is 7.99. The molecule has 1 N–H and O–H groups in total. The van der Waals surface area contributed by atoms with Crippen LogP contribution in [0.25, 0.3) is 0 Å². The van der Waals surface area contributed by atoms with Gasteiger partial charge in [-0.05, 0) is 37.8 Å². The molecule has 2 aliphatic rings. The summed E-state index contributed by atoms with van der Waals surface area (Å²) in [5, 5.41) is 12.3. The maximum Gasteiger partial charge on any atom is 0.240 e. The molecule has 1 saturated carbocycles. The summed E-state index contributed by atoms with van der Waals surface area (Å²) in [6.45, 7) is 3.02. The summed E-state index contributed by atoms with van der Waals surface area (Å²) in [5.74, 6) is 1.24. The van der Waals surface area contributed by atoms with Gasteiger partial charge in [0.2, 0.25) is 5.91 Å². The van der Waals surface area contributed by atoms with Gasteiger partial charge in [-0.1, -0.05) is 12.1 Å². The first-order chi connectivity index (χ1) is 10.1. The Morgan fingerprint density at radius 3 is 3.00 bits per heavy atom. The molecule has 0 unspecified atom stereocenters. The molecule has 21 heavy (non-hydrogen) atoms. The molecule has 1 heterocycles. The summed E-state index contributed by atoms with van der Waals surface area (Å²) in [6, 6.07) is 10.4. The quantitative estimate of drug-likeness (QED) is 0.928. The van der Waals surface area contributed by atoms with Gasteiger partial charge in [-0.3, -0.25) is 4.79 Å². The number of nitriles is 1. The van der Waals surface area contributed by atoms with Gasteiger partial charge in [-0.25, -0.2) is 0 Å². The smallest absolute Gasteiger partial charge is 0.240 e. The molecular formula is C16H19N3OS. The zero-order chi connectivity index (χ0) is 14.9. The van der Waals surface area contributed by atoms with Crippen molar-refractivity contribution in [2.45, 2.75) is 30.2 Å². The van der Waals surface area contributed by atoms with Crippen LogP contribution in [0.3, 0.4) is 0 Å². The lowest BCUT2D eigenvalue weighted by atomic mass is 9.98. The van der Waals surface area contributed by atoms with Gasteiger partial charge in [0.15, 0.2) is 0 Å². The standard InChI is InChI=1S/C16H19N3OS/c1-16(11-17,12-6-7-12)18-15(20)10-19-8-9-21-14-5-3-2-4-13(14)19/h2-5,12H,6-10H2,1H3,(H,18,20)/t16-/m0/s1. The van der Waals surface area contributed by atoms with E-state index in [0.29, 0.717) is 12.5 Å². The second kappa shape index (κ2) is 5.61. The van der Waals surface area contributed by atoms with Crippen LogP contribution in [0.4, 0.5) is 5.69 Å². The number of anilines is 1. The topological polar surface area (TPSA) is 56.1 Å². The normalized spacial score (nSPS) is 20.1. The van der Waals surface area contributed by atoms with Gasteiger partial charge in [0.1, 0.15) is 5.54 Å². The van der Waals surface area contributed by atoms with E-state index in [1.165, 1.54) is 4.90 Å². The monoisotopic (exact) mass is 301 g/mol. The van der Waals surface area contributed by atoms with E-state index < -0.39 is 5.54 Å². The second-order valence-corrected chi connectivity index (χ2v) is 7.01. The van der Waals surface area contributed by atoms with Gasteiger partial charge in [0.05, 0.1) is 18.3 Å². The minimum absolute atomic E-state index is 0.0624. The lowest BCUT2D eigenvalue weighted by molar-refractivity contribution is -0.121. The van der Waals surface area contributed by atoms with Crippen molar-refractivity contribution in [1.29, 1.82) is 5.26 Å². The molecule has 1 aromatic rings. The molecule has 0 spiro atoms. The van der Waals surface area contributed by atoms with Crippen LogP contribution in [0, 0.1) is 17.2 Å². The highest BCUT2D eigenvalue weighted by atomic mass is 32.2. The van der Waals surface area contributed by atoms with E-state index in [1.807, 2.05) is 30.8 Å². The highest BCUT2D eigenvalue weighted by Crippen LogP contribution is 2.39. The first kappa shape index (κ1) is 14.3. The van der Waals surface area contributed by atoms with E-state index in [1.54, 1.807) is 0 Å². The summed E-state index contributed by atoms with van der Waals surface area (Å²) in [5.41, 5.74) is 0.412. The number of rotatable bonds is 4. The predicted molar refractivity (Wildman–Crippen MR) is 84.3 cm³/mol. The molecule has 0 saturated heterocycles. The average Bonchev–Trinajstić information content (AvgIpc) is 3.32. The number of para-hydroxylation sites is 1. The van der Waals surface area contributed by atoms with E-state index in [4.69, 9.17) is 0 Å². The van der Waals surface area contributed by atoms with E-state index in [2.05, 4.69) is 28.4 Å². The van der Waals surface area contributed by atoms with Crippen molar-refractivity contribution in [1.82, 2.24) is 5.32 Å². The molecule has 110 valence electrons. The van der Waals surface area contributed by atoms with Crippen molar-refractivity contribution in [3.05, 3.63) is 24.3 Å². The number of benzene rings is 1. The fourth-order valence-electron chi connectivity index (χ4n) is 2.78. The summed E-state index contributed by atoms with van der Waals surface area (Å²) < 4.78 is 0. The third kappa shape index (κ3) is 3.01. The van der Waals surface area contributed by atoms with Gasteiger partial charge >= 0.3 is 0 Å². The number of amides is 1. The molecule has 0 aromatic heterocycles. The van der Waals surface area contributed by atoms with E-state index >= 15 is 0 Å². The SMILES string of the molecule is C[C@@](C#N)(NC(=O)CN1CCSc2ccccc21)C1CC1. The van der Waals surface area contributed by atoms with Gasteiger partial charge in [-0.2, -0.15) is 5.26 Å². The molecule has 1 fully saturated rings. The first-order valence-corrected chi connectivity index (χ1v) is 8.30. The minimum Gasteiger partial charge on any atom is -0.360 e. The number of thioether (sulfide) groups is 1. The van der Waals surface area contributed by atoms with E-state index in [-0.39, 0.29) is 5.91 Å². The third-order valence-corrected chi connectivity index (χ3v) is 5.23. The molecule has 1 amide bonds. The average molecular weight is 301 g/mol. The van der Waals surface area contributed by atoms with Gasteiger partial charge in [0, 0.05) is 17.2 Å². The van der Waals surface area contributed by atoms with Crippen molar-refractivity contribution in [2.24, 2.45) is 5.92 Å². The Morgan fingerprint density at radius 1 is 1.52 bits per heavy atom. The lowest BCUT2D eigenvalue weighted by Gasteiger charge is -2.31. The van der Waals surface area contributed by atoms with Gasteiger partial charge in [-0.15, -0.1) is 11.8 Å². The predicted octanol–water partition coefficient (Wildman–Crippen LogP) is 2.41. The summed E-state index contributed by atoms with van der Waals surface area (Å²) in [6.07, 6.45) is 2.07. The Kier molecular flexibility index (Phi) is 3.81. The number of fused-ring (bicyclic) bond motifs is 1. The van der Waals surface area contributed by atoms with Crippen LogP contribution < -0.4 is 10.2 Å². The summed E-state index contributed by atoms with van der Waals surface area (Å²) in [7, 11) is 0. The number of carbonyl (C=O) groups excluding carboxylic acids is 1. The van der Waals surface area contributed by atoms with Crippen molar-refractivity contribution >= 4 is 23.4 Å². The molecule has 1 atom stereocenters. The number of hydrogen-bond acceptors (Lipinski definition) is 4. The Bertz CT molecular complexity index is 593. The zero-order valence-corrected chi connectivity index (χ0v) is 12.9. The summed E-state index contributed by atoms with van der Waals surface area (Å²) >= 11 is 1.83. The number of hydrogen-bond donors (Lipinski definition) is 1. The molecule has 0 bridgehead atoms. The van der Waals surface area contributed by atoms with Crippen LogP contribution in [0.5, 0.6) is 0 Å². The maximum absolute atomic E-state index is 12.3. The van der Waals surface area contributed by atoms with Crippen LogP contribution >= 0.6 is 11.8 Å². The van der Waals surface area contributed by atoms with Gasteiger partial charge < -0.3 is 10.2 Å². The largest absolute Gasteiger partial charge is 0.360 e. The van der Waals surface area contributed by atoms with E-state index in [0.717, 1.165) is 30.8 Å². The Hall–Kier alpha value is -1.67. The molecule has 1 aromatic carbocycles. The third-order valence-electron chi connectivity index (χ3n) is 4.18. The van der Waals surface area contributed by atoms with Crippen LogP contribution in [0.2, 0.25) is 0 Å². The maximum atomic E-state index is 12.3. The van der Waals surface area contributed by atoms with Gasteiger partial charge in [0.25, 0.3) is 0 Å². The molecule has 5 heteroatoms. The molecule has 4 nitrogen and oxygen atoms in total. The first-order valence-electron chi connectivity index (χ1n) is 7.31. The molecule has 1 aliphatic heterocycles. The number of carbonyl (C=O) groups is 1. The van der Waals surface area contributed by atoms with Crippen LogP contribution in [0.1, 0.15) is 19.8 Å². The molecule has 0 radical (unpaired) electrons. The fourth-order valence-corrected chi connectivity index (χ4v) is 3.83. The van der Waals surface area contributed by atoms with Crippen molar-refractivity contribution in [3.63, 3.8) is 0 Å². The summed E-state index contributed by atoms with van der Waals surface area (Å²) in [4.78, 5) is 15.6. The van der Waals surface area contributed by atoms with Crippen molar-refractivity contribution in [2.75, 3.05) is 23.7 Å². The Balaban J connectivity index is 1.67. The van der Waals surface area contributed by atoms with E-state index in [9.17, 15) is 10.1 Å². The number of nitrogens with zero attached hydrogens (tertiary/aromatic N) is 2.